The van der Waals surface area contributed by atoms with Crippen LogP contribution in [0.2, 0.25) is 0 Å². The summed E-state index contributed by atoms with van der Waals surface area (Å²) in [5, 5.41) is 2.67. The number of esters is 1. The lowest BCUT2D eigenvalue weighted by atomic mass is 10.2. The normalized spacial score (nSPS) is 12.1. The Bertz CT molecular complexity index is 802. The monoisotopic (exact) mass is 361 g/mol. The first-order valence-corrected chi connectivity index (χ1v) is 8.49. The molecule has 2 heterocycles. The Labute approximate surface area is 149 Å². The van der Waals surface area contributed by atoms with Crippen molar-refractivity contribution in [1.82, 2.24) is 5.32 Å². The van der Waals surface area contributed by atoms with Crippen LogP contribution < -0.4 is 5.32 Å². The van der Waals surface area contributed by atoms with Crippen molar-refractivity contribution in [3.8, 4) is 0 Å². The number of aryl methyl sites for hydroxylation is 1. The zero-order valence-corrected chi connectivity index (χ0v) is 15.0. The fourth-order valence-corrected chi connectivity index (χ4v) is 2.94. The Hall–Kier alpha value is -2.67. The van der Waals surface area contributed by atoms with Crippen LogP contribution in [0.25, 0.3) is 6.08 Å². The number of hydrogen-bond acceptors (Lipinski definition) is 6. The van der Waals surface area contributed by atoms with Gasteiger partial charge in [0.15, 0.2) is 6.10 Å². The van der Waals surface area contributed by atoms with Gasteiger partial charge in [0.2, 0.25) is 11.7 Å². The molecule has 0 saturated carbocycles. The third kappa shape index (κ3) is 5.72. The largest absolute Gasteiger partial charge is 0.462 e. The van der Waals surface area contributed by atoms with Gasteiger partial charge in [0.1, 0.15) is 11.5 Å². The van der Waals surface area contributed by atoms with Crippen LogP contribution in [-0.2, 0) is 20.9 Å². The van der Waals surface area contributed by atoms with Crippen LogP contribution in [0.4, 0.5) is 0 Å². The van der Waals surface area contributed by atoms with E-state index in [1.165, 1.54) is 37.3 Å². The summed E-state index contributed by atoms with van der Waals surface area (Å²) in [5.41, 5.74) is 0. The van der Waals surface area contributed by atoms with Crippen LogP contribution in [-0.4, -0.2) is 23.8 Å². The van der Waals surface area contributed by atoms with E-state index in [2.05, 4.69) is 5.32 Å². The minimum Gasteiger partial charge on any atom is -0.462 e. The first kappa shape index (κ1) is 18.7. The predicted octanol–water partition coefficient (Wildman–Crippen LogP) is 3.11. The highest BCUT2D eigenvalue weighted by Gasteiger charge is 2.20. The molecule has 1 N–H and O–H groups in total. The summed E-state index contributed by atoms with van der Waals surface area (Å²) < 4.78 is 10.4. The van der Waals surface area contributed by atoms with Crippen molar-refractivity contribution >= 4 is 35.1 Å². The number of carbonyl (C=O) groups excluding carboxylic acids is 3. The summed E-state index contributed by atoms with van der Waals surface area (Å²) in [6.07, 6.45) is 1.81. The van der Waals surface area contributed by atoms with Crippen LogP contribution in [0.15, 0.2) is 34.8 Å². The number of thiophene rings is 1. The molecule has 0 aliphatic rings. The number of furan rings is 1. The molecule has 2 aromatic heterocycles. The number of carbonyl (C=O) groups is 3. The van der Waals surface area contributed by atoms with E-state index < -0.39 is 12.1 Å². The smallest absolute Gasteiger partial charge is 0.331 e. The molecule has 6 nitrogen and oxygen atoms in total. The van der Waals surface area contributed by atoms with Crippen molar-refractivity contribution < 1.29 is 23.5 Å². The molecule has 2 aromatic rings. The van der Waals surface area contributed by atoms with Gasteiger partial charge in [0, 0.05) is 17.9 Å². The summed E-state index contributed by atoms with van der Waals surface area (Å²) in [6.45, 7) is 5.13. The average molecular weight is 361 g/mol. The van der Waals surface area contributed by atoms with Gasteiger partial charge in [0.25, 0.3) is 0 Å². The minimum atomic E-state index is -0.900. The quantitative estimate of drug-likeness (QED) is 0.465. The molecule has 7 heteroatoms. The molecule has 0 aromatic carbocycles. The van der Waals surface area contributed by atoms with E-state index >= 15 is 0 Å². The highest BCUT2D eigenvalue weighted by molar-refractivity contribution is 7.14. The second-order valence-corrected chi connectivity index (χ2v) is 6.57. The van der Waals surface area contributed by atoms with E-state index in [4.69, 9.17) is 9.15 Å². The Morgan fingerprint density at radius 3 is 2.68 bits per heavy atom. The molecule has 0 radical (unpaired) electrons. The number of hydrogen-bond donors (Lipinski definition) is 1. The third-order valence-corrected chi connectivity index (χ3v) is 4.32. The predicted molar refractivity (Wildman–Crippen MR) is 94.2 cm³/mol. The topological polar surface area (TPSA) is 85.6 Å². The molecule has 0 aliphatic carbocycles. The number of rotatable bonds is 7. The van der Waals surface area contributed by atoms with E-state index in [9.17, 15) is 14.4 Å². The van der Waals surface area contributed by atoms with Gasteiger partial charge in [0.05, 0.1) is 11.4 Å². The first-order valence-electron chi connectivity index (χ1n) is 7.67. The van der Waals surface area contributed by atoms with Crippen LogP contribution in [0, 0.1) is 6.92 Å². The maximum atomic E-state index is 12.3. The second-order valence-electron chi connectivity index (χ2n) is 5.40. The van der Waals surface area contributed by atoms with Crippen LogP contribution >= 0.6 is 11.3 Å². The highest BCUT2D eigenvalue weighted by atomic mass is 32.1. The van der Waals surface area contributed by atoms with Gasteiger partial charge in [-0.1, -0.05) is 0 Å². The SMILES string of the molecule is CC(=O)NCc1ccc(C(=O)C(C)OC(=O)/C=C/c2ccc(C)o2)s1. The van der Waals surface area contributed by atoms with E-state index in [1.54, 1.807) is 31.2 Å². The van der Waals surface area contributed by atoms with Crippen molar-refractivity contribution in [3.05, 3.63) is 51.6 Å². The molecule has 0 bridgehead atoms. The molecular formula is C18H19NO5S. The number of ketones is 1. The summed E-state index contributed by atoms with van der Waals surface area (Å²) >= 11 is 1.26. The lowest BCUT2D eigenvalue weighted by molar-refractivity contribution is -0.140. The standard InChI is InChI=1S/C18H19NO5S/c1-11-4-5-14(23-11)6-9-17(21)24-12(2)18(22)16-8-7-15(25-16)10-19-13(3)20/h4-9,12H,10H2,1-3H3,(H,19,20)/b9-6+. The zero-order chi connectivity index (χ0) is 18.4. The lowest BCUT2D eigenvalue weighted by Crippen LogP contribution is -2.22. The van der Waals surface area contributed by atoms with Gasteiger partial charge in [-0.3, -0.25) is 9.59 Å². The highest BCUT2D eigenvalue weighted by Crippen LogP contribution is 2.19. The Balaban J connectivity index is 1.90. The van der Waals surface area contributed by atoms with Gasteiger partial charge in [-0.25, -0.2) is 4.79 Å². The van der Waals surface area contributed by atoms with Crippen molar-refractivity contribution in [1.29, 1.82) is 0 Å². The summed E-state index contributed by atoms with van der Waals surface area (Å²) in [7, 11) is 0. The summed E-state index contributed by atoms with van der Waals surface area (Å²) in [5.74, 6) is 0.236. The van der Waals surface area contributed by atoms with Crippen molar-refractivity contribution in [2.75, 3.05) is 0 Å². The molecule has 132 valence electrons. The fourth-order valence-electron chi connectivity index (χ4n) is 1.98. The molecular weight excluding hydrogens is 342 g/mol. The first-order chi connectivity index (χ1) is 11.8. The Morgan fingerprint density at radius 1 is 1.28 bits per heavy atom. The Morgan fingerprint density at radius 2 is 2.04 bits per heavy atom. The van der Waals surface area contributed by atoms with E-state index in [1.807, 2.05) is 0 Å². The van der Waals surface area contributed by atoms with Crippen molar-refractivity contribution in [2.45, 2.75) is 33.4 Å². The zero-order valence-electron chi connectivity index (χ0n) is 14.2. The van der Waals surface area contributed by atoms with Crippen LogP contribution in [0.3, 0.4) is 0 Å². The fraction of sp³-hybridized carbons (Fsp3) is 0.278. The molecule has 0 aliphatic heterocycles. The maximum Gasteiger partial charge on any atom is 0.331 e. The van der Waals surface area contributed by atoms with Gasteiger partial charge in [-0.2, -0.15) is 0 Å². The molecule has 0 fully saturated rings. The number of nitrogens with one attached hydrogen (secondary N) is 1. The van der Waals surface area contributed by atoms with Crippen LogP contribution in [0.5, 0.6) is 0 Å². The maximum absolute atomic E-state index is 12.3. The molecule has 2 rings (SSSR count). The van der Waals surface area contributed by atoms with Crippen LogP contribution in [0.1, 0.15) is 39.9 Å². The minimum absolute atomic E-state index is 0.137. The van der Waals surface area contributed by atoms with E-state index in [-0.39, 0.29) is 11.7 Å². The van der Waals surface area contributed by atoms with Crippen molar-refractivity contribution in [2.24, 2.45) is 0 Å². The van der Waals surface area contributed by atoms with Gasteiger partial charge >= 0.3 is 5.97 Å². The van der Waals surface area contributed by atoms with E-state index in [0.717, 1.165) is 10.6 Å². The molecule has 1 amide bonds. The lowest BCUT2D eigenvalue weighted by Gasteiger charge is -2.09. The van der Waals surface area contributed by atoms with Crippen molar-refractivity contribution in [3.63, 3.8) is 0 Å². The average Bonchev–Trinajstić information content (AvgIpc) is 3.19. The molecule has 1 atom stereocenters. The van der Waals surface area contributed by atoms with E-state index in [0.29, 0.717) is 17.2 Å². The molecule has 25 heavy (non-hydrogen) atoms. The second kappa shape index (κ2) is 8.43. The number of amides is 1. The summed E-state index contributed by atoms with van der Waals surface area (Å²) in [6, 6.07) is 6.94. The third-order valence-electron chi connectivity index (χ3n) is 3.22. The molecule has 0 saturated heterocycles. The Kier molecular flexibility index (Phi) is 6.30. The number of ether oxygens (including phenoxy) is 1. The van der Waals surface area contributed by atoms with Gasteiger partial charge in [-0.05, 0) is 44.2 Å². The molecule has 0 spiro atoms. The molecule has 1 unspecified atom stereocenters. The number of Topliss-reactive ketones (excluding diaryl/α,β-unsaturated/α-hetero) is 1. The van der Waals surface area contributed by atoms with Gasteiger partial charge < -0.3 is 14.5 Å². The summed E-state index contributed by atoms with van der Waals surface area (Å²) in [4.78, 5) is 36.4. The van der Waals surface area contributed by atoms with Gasteiger partial charge in [-0.15, -0.1) is 11.3 Å².